The van der Waals surface area contributed by atoms with E-state index in [9.17, 15) is 4.79 Å². The van der Waals surface area contributed by atoms with Crippen molar-refractivity contribution in [3.05, 3.63) is 45.4 Å². The highest BCUT2D eigenvalue weighted by atomic mass is 35.5. The summed E-state index contributed by atoms with van der Waals surface area (Å²) < 4.78 is 0. The molecule has 1 heterocycles. The molecule has 2 rings (SSSR count). The van der Waals surface area contributed by atoms with E-state index >= 15 is 0 Å². The van der Waals surface area contributed by atoms with Crippen LogP contribution in [0.3, 0.4) is 0 Å². The molecule has 0 unspecified atom stereocenters. The number of benzene rings is 1. The largest absolute Gasteiger partial charge is 0.379 e. The maximum Gasteiger partial charge on any atom is 0.252 e. The second-order valence-corrected chi connectivity index (χ2v) is 4.94. The highest BCUT2D eigenvalue weighted by Gasteiger charge is 2.09. The average molecular weight is 282 g/mol. The highest BCUT2D eigenvalue weighted by Crippen LogP contribution is 2.21. The molecule has 94 valence electrons. The van der Waals surface area contributed by atoms with E-state index < -0.39 is 0 Å². The minimum Gasteiger partial charge on any atom is -0.379 e. The summed E-state index contributed by atoms with van der Waals surface area (Å²) in [7, 11) is 1.58. The molecule has 0 aliphatic heterocycles. The molecule has 18 heavy (non-hydrogen) atoms. The summed E-state index contributed by atoms with van der Waals surface area (Å²) in [6.45, 7) is 0.631. The summed E-state index contributed by atoms with van der Waals surface area (Å²) in [6, 6.07) is 5.27. The first-order valence-electron chi connectivity index (χ1n) is 5.34. The summed E-state index contributed by atoms with van der Waals surface area (Å²) in [5.74, 6) is -0.196. The predicted molar refractivity (Wildman–Crippen MR) is 74.3 cm³/mol. The molecule has 0 atom stereocenters. The van der Waals surface area contributed by atoms with Crippen molar-refractivity contribution in [1.82, 2.24) is 10.3 Å². The van der Waals surface area contributed by atoms with Gasteiger partial charge in [0.05, 0.1) is 17.1 Å². The summed E-state index contributed by atoms with van der Waals surface area (Å²) in [4.78, 5) is 15.8. The van der Waals surface area contributed by atoms with Crippen molar-refractivity contribution >= 4 is 34.5 Å². The minimum absolute atomic E-state index is 0.196. The van der Waals surface area contributed by atoms with Crippen molar-refractivity contribution in [3.8, 4) is 0 Å². The molecule has 1 aromatic heterocycles. The molecule has 0 spiro atoms. The molecule has 6 heteroatoms. The fourth-order valence-electron chi connectivity index (χ4n) is 1.46. The number of nitrogens with one attached hydrogen (secondary N) is 2. The quantitative estimate of drug-likeness (QED) is 0.906. The first-order chi connectivity index (χ1) is 8.70. The molecule has 0 saturated heterocycles. The third kappa shape index (κ3) is 3.00. The summed E-state index contributed by atoms with van der Waals surface area (Å²) in [5.41, 5.74) is 1.30. The lowest BCUT2D eigenvalue weighted by molar-refractivity contribution is 0.0963. The standard InChI is InChI=1S/C12H12ClN3OS/c1-14-12(17)9-6-8(2-3-10(9)13)16-7-11-15-4-5-18-11/h2-6,16H,7H2,1H3,(H,14,17). The van der Waals surface area contributed by atoms with E-state index in [4.69, 9.17) is 11.6 Å². The van der Waals surface area contributed by atoms with Gasteiger partial charge in [0.2, 0.25) is 0 Å². The van der Waals surface area contributed by atoms with E-state index in [1.165, 1.54) is 0 Å². The van der Waals surface area contributed by atoms with Crippen molar-refractivity contribution < 1.29 is 4.79 Å². The van der Waals surface area contributed by atoms with Crippen LogP contribution in [0.2, 0.25) is 5.02 Å². The molecule has 1 aromatic carbocycles. The minimum atomic E-state index is -0.196. The fourth-order valence-corrected chi connectivity index (χ4v) is 2.22. The number of aromatic nitrogens is 1. The monoisotopic (exact) mass is 281 g/mol. The van der Waals surface area contributed by atoms with Gasteiger partial charge in [0.1, 0.15) is 5.01 Å². The van der Waals surface area contributed by atoms with Crippen LogP contribution >= 0.6 is 22.9 Å². The zero-order chi connectivity index (χ0) is 13.0. The molecule has 0 aliphatic carbocycles. The second kappa shape index (κ2) is 5.84. The molecular formula is C12H12ClN3OS. The molecule has 1 amide bonds. The Morgan fingerprint density at radius 1 is 1.50 bits per heavy atom. The van der Waals surface area contributed by atoms with Crippen LogP contribution in [0.5, 0.6) is 0 Å². The van der Waals surface area contributed by atoms with Crippen LogP contribution in [0, 0.1) is 0 Å². The van der Waals surface area contributed by atoms with Gasteiger partial charge in [-0.15, -0.1) is 11.3 Å². The SMILES string of the molecule is CNC(=O)c1cc(NCc2nccs2)ccc1Cl. The van der Waals surface area contributed by atoms with E-state index in [-0.39, 0.29) is 5.91 Å². The molecule has 0 radical (unpaired) electrons. The number of hydrogen-bond acceptors (Lipinski definition) is 4. The van der Waals surface area contributed by atoms with Crippen LogP contribution in [-0.2, 0) is 6.54 Å². The first-order valence-corrected chi connectivity index (χ1v) is 6.60. The van der Waals surface area contributed by atoms with Crippen LogP contribution in [0.1, 0.15) is 15.4 Å². The fraction of sp³-hybridized carbons (Fsp3) is 0.167. The van der Waals surface area contributed by atoms with E-state index in [0.29, 0.717) is 17.1 Å². The number of nitrogens with zero attached hydrogens (tertiary/aromatic N) is 1. The predicted octanol–water partition coefficient (Wildman–Crippen LogP) is 2.77. The smallest absolute Gasteiger partial charge is 0.252 e. The molecule has 0 saturated carbocycles. The Balaban J connectivity index is 2.12. The Labute approximate surface area is 114 Å². The van der Waals surface area contributed by atoms with E-state index in [0.717, 1.165) is 10.7 Å². The van der Waals surface area contributed by atoms with Gasteiger partial charge in [0, 0.05) is 24.3 Å². The lowest BCUT2D eigenvalue weighted by atomic mass is 10.2. The molecule has 2 N–H and O–H groups in total. The Bertz CT molecular complexity index is 542. The number of anilines is 1. The van der Waals surface area contributed by atoms with Crippen LogP contribution in [0.25, 0.3) is 0 Å². The number of carbonyl (C=O) groups is 1. The van der Waals surface area contributed by atoms with Crippen LogP contribution < -0.4 is 10.6 Å². The highest BCUT2D eigenvalue weighted by molar-refractivity contribution is 7.09. The van der Waals surface area contributed by atoms with Crippen molar-refractivity contribution in [2.45, 2.75) is 6.54 Å². The van der Waals surface area contributed by atoms with Gasteiger partial charge in [0.25, 0.3) is 5.91 Å². The van der Waals surface area contributed by atoms with Crippen LogP contribution in [-0.4, -0.2) is 17.9 Å². The normalized spacial score (nSPS) is 10.1. The number of thiazole rings is 1. The molecule has 0 bridgehead atoms. The van der Waals surface area contributed by atoms with Crippen molar-refractivity contribution in [3.63, 3.8) is 0 Å². The molecule has 0 fully saturated rings. The Kier molecular flexibility index (Phi) is 4.17. The Hall–Kier alpha value is -1.59. The molecule has 4 nitrogen and oxygen atoms in total. The average Bonchev–Trinajstić information content (AvgIpc) is 2.90. The van der Waals surface area contributed by atoms with Gasteiger partial charge < -0.3 is 10.6 Å². The summed E-state index contributed by atoms with van der Waals surface area (Å²) in [6.07, 6.45) is 1.76. The number of amides is 1. The lowest BCUT2D eigenvalue weighted by Gasteiger charge is -2.08. The number of carbonyl (C=O) groups excluding carboxylic acids is 1. The van der Waals surface area contributed by atoms with E-state index in [1.54, 1.807) is 36.7 Å². The third-order valence-electron chi connectivity index (χ3n) is 2.37. The Morgan fingerprint density at radius 2 is 2.33 bits per heavy atom. The van der Waals surface area contributed by atoms with E-state index in [2.05, 4.69) is 15.6 Å². The number of rotatable bonds is 4. The maximum absolute atomic E-state index is 11.6. The van der Waals surface area contributed by atoms with Crippen molar-refractivity contribution in [2.24, 2.45) is 0 Å². The molecule has 0 aliphatic rings. The lowest BCUT2D eigenvalue weighted by Crippen LogP contribution is -2.18. The van der Waals surface area contributed by atoms with Gasteiger partial charge in [-0.25, -0.2) is 4.98 Å². The van der Waals surface area contributed by atoms with Gasteiger partial charge in [-0.1, -0.05) is 11.6 Å². The summed E-state index contributed by atoms with van der Waals surface area (Å²) >= 11 is 7.55. The third-order valence-corrected chi connectivity index (χ3v) is 3.47. The number of hydrogen-bond donors (Lipinski definition) is 2. The van der Waals surface area contributed by atoms with Gasteiger partial charge in [-0.3, -0.25) is 4.79 Å². The topological polar surface area (TPSA) is 54.0 Å². The van der Waals surface area contributed by atoms with Gasteiger partial charge in [0.15, 0.2) is 0 Å². The Morgan fingerprint density at radius 3 is 3.00 bits per heavy atom. The van der Waals surface area contributed by atoms with Crippen molar-refractivity contribution in [1.29, 1.82) is 0 Å². The molecular weight excluding hydrogens is 270 g/mol. The summed E-state index contributed by atoms with van der Waals surface area (Å²) in [5, 5.41) is 9.12. The van der Waals surface area contributed by atoms with E-state index in [1.807, 2.05) is 11.4 Å². The first kappa shape index (κ1) is 12.9. The zero-order valence-corrected chi connectivity index (χ0v) is 11.3. The van der Waals surface area contributed by atoms with Gasteiger partial charge in [-0.2, -0.15) is 0 Å². The number of halogens is 1. The molecule has 2 aromatic rings. The van der Waals surface area contributed by atoms with Gasteiger partial charge in [-0.05, 0) is 18.2 Å². The van der Waals surface area contributed by atoms with Crippen molar-refractivity contribution in [2.75, 3.05) is 12.4 Å². The zero-order valence-electron chi connectivity index (χ0n) is 9.74. The van der Waals surface area contributed by atoms with Gasteiger partial charge >= 0.3 is 0 Å². The second-order valence-electron chi connectivity index (χ2n) is 3.55. The van der Waals surface area contributed by atoms with Crippen LogP contribution in [0.4, 0.5) is 5.69 Å². The van der Waals surface area contributed by atoms with Crippen LogP contribution in [0.15, 0.2) is 29.8 Å². The maximum atomic E-state index is 11.6.